The van der Waals surface area contributed by atoms with Crippen LogP contribution in [-0.4, -0.2) is 23.3 Å². The van der Waals surface area contributed by atoms with Crippen molar-refractivity contribution in [3.05, 3.63) is 113 Å². The van der Waals surface area contributed by atoms with Gasteiger partial charge in [0.15, 0.2) is 11.5 Å². The maximum absolute atomic E-state index is 13.3. The zero-order valence-electron chi connectivity index (χ0n) is 18.9. The van der Waals surface area contributed by atoms with E-state index < -0.39 is 5.82 Å². The van der Waals surface area contributed by atoms with Gasteiger partial charge in [0.2, 0.25) is 0 Å². The van der Waals surface area contributed by atoms with Crippen LogP contribution in [0.2, 0.25) is 5.02 Å². The average Bonchev–Trinajstić information content (AvgIpc) is 3.39. The highest BCUT2D eigenvalue weighted by atomic mass is 35.5. The number of carbonyl (C=O) groups excluding carboxylic acids is 1. The van der Waals surface area contributed by atoms with E-state index in [1.165, 1.54) is 18.3 Å². The first-order valence-electron chi connectivity index (χ1n) is 10.9. The first-order chi connectivity index (χ1) is 17.0. The van der Waals surface area contributed by atoms with Crippen molar-refractivity contribution in [3.63, 3.8) is 0 Å². The van der Waals surface area contributed by atoms with Crippen LogP contribution in [0.25, 0.3) is 5.69 Å². The van der Waals surface area contributed by atoms with Gasteiger partial charge in [0.1, 0.15) is 12.4 Å². The number of aromatic nitrogens is 1. The minimum Gasteiger partial charge on any atom is -0.490 e. The largest absolute Gasteiger partial charge is 0.490 e. The number of para-hydroxylation sites is 1. The predicted molar refractivity (Wildman–Crippen MR) is 134 cm³/mol. The normalized spacial score (nSPS) is 10.9. The van der Waals surface area contributed by atoms with Gasteiger partial charge >= 0.3 is 0 Å². The van der Waals surface area contributed by atoms with Gasteiger partial charge in [-0.05, 0) is 67.1 Å². The number of nitrogens with one attached hydrogen (secondary N) is 1. The SMILES string of the molecule is CCOc1cc(/C=N/NC(=O)c2ccccc2-n2cccc2)ccc1OCc1ccc(F)cc1Cl. The number of halogens is 2. The van der Waals surface area contributed by atoms with Crippen molar-refractivity contribution in [3.8, 4) is 17.2 Å². The number of hydrazone groups is 1. The molecular formula is C27H23ClFN3O3. The number of carbonyl (C=O) groups is 1. The molecule has 0 fully saturated rings. The van der Waals surface area contributed by atoms with E-state index in [0.29, 0.717) is 39.8 Å². The van der Waals surface area contributed by atoms with Crippen LogP contribution >= 0.6 is 11.6 Å². The van der Waals surface area contributed by atoms with Crippen molar-refractivity contribution < 1.29 is 18.7 Å². The molecule has 4 rings (SSSR count). The Labute approximate surface area is 207 Å². The molecule has 0 bridgehead atoms. The van der Waals surface area contributed by atoms with Crippen LogP contribution in [0.3, 0.4) is 0 Å². The number of ether oxygens (including phenoxy) is 2. The highest BCUT2D eigenvalue weighted by Gasteiger charge is 2.12. The van der Waals surface area contributed by atoms with Crippen molar-refractivity contribution in [2.75, 3.05) is 6.61 Å². The summed E-state index contributed by atoms with van der Waals surface area (Å²) in [6.07, 6.45) is 5.27. The molecule has 0 aliphatic rings. The zero-order valence-corrected chi connectivity index (χ0v) is 19.7. The lowest BCUT2D eigenvalue weighted by Gasteiger charge is -2.13. The van der Waals surface area contributed by atoms with Gasteiger partial charge in [-0.1, -0.05) is 29.8 Å². The minimum absolute atomic E-state index is 0.156. The molecule has 4 aromatic rings. The van der Waals surface area contributed by atoms with Gasteiger partial charge in [0, 0.05) is 18.0 Å². The van der Waals surface area contributed by atoms with Crippen LogP contribution in [-0.2, 0) is 6.61 Å². The van der Waals surface area contributed by atoms with Crippen LogP contribution in [0.1, 0.15) is 28.4 Å². The quantitative estimate of drug-likeness (QED) is 0.230. The Morgan fingerprint density at radius 2 is 1.83 bits per heavy atom. The van der Waals surface area contributed by atoms with Gasteiger partial charge in [0.25, 0.3) is 5.91 Å². The fourth-order valence-corrected chi connectivity index (χ4v) is 3.62. The van der Waals surface area contributed by atoms with Gasteiger partial charge < -0.3 is 14.0 Å². The Kier molecular flexibility index (Phi) is 7.80. The van der Waals surface area contributed by atoms with E-state index >= 15 is 0 Å². The Balaban J connectivity index is 1.44. The molecule has 0 saturated carbocycles. The van der Waals surface area contributed by atoms with E-state index in [4.69, 9.17) is 21.1 Å². The lowest BCUT2D eigenvalue weighted by atomic mass is 10.1. The summed E-state index contributed by atoms with van der Waals surface area (Å²) < 4.78 is 26.7. The third-order valence-corrected chi connectivity index (χ3v) is 5.43. The average molecular weight is 492 g/mol. The molecule has 8 heteroatoms. The fraction of sp³-hybridized carbons (Fsp3) is 0.111. The van der Waals surface area contributed by atoms with Crippen molar-refractivity contribution >= 4 is 23.7 Å². The lowest BCUT2D eigenvalue weighted by molar-refractivity contribution is 0.0955. The van der Waals surface area contributed by atoms with E-state index in [0.717, 1.165) is 5.69 Å². The molecule has 0 saturated heterocycles. The third-order valence-electron chi connectivity index (χ3n) is 5.08. The summed E-state index contributed by atoms with van der Waals surface area (Å²) >= 11 is 6.08. The summed E-state index contributed by atoms with van der Waals surface area (Å²) in [6.45, 7) is 2.45. The Morgan fingerprint density at radius 1 is 1.03 bits per heavy atom. The second kappa shape index (κ2) is 11.4. The van der Waals surface area contributed by atoms with E-state index in [2.05, 4.69) is 10.5 Å². The first-order valence-corrected chi connectivity index (χ1v) is 11.3. The molecular weight excluding hydrogens is 469 g/mol. The van der Waals surface area contributed by atoms with Gasteiger partial charge in [-0.15, -0.1) is 0 Å². The third kappa shape index (κ3) is 6.07. The van der Waals surface area contributed by atoms with Crippen molar-refractivity contribution in [2.45, 2.75) is 13.5 Å². The fourth-order valence-electron chi connectivity index (χ4n) is 3.40. The van der Waals surface area contributed by atoms with Crippen LogP contribution < -0.4 is 14.9 Å². The summed E-state index contributed by atoms with van der Waals surface area (Å²) in [7, 11) is 0. The van der Waals surface area contributed by atoms with Crippen molar-refractivity contribution in [2.24, 2.45) is 5.10 Å². The van der Waals surface area contributed by atoms with E-state index in [9.17, 15) is 9.18 Å². The molecule has 1 heterocycles. The molecule has 0 aliphatic carbocycles. The maximum atomic E-state index is 13.3. The summed E-state index contributed by atoms with van der Waals surface area (Å²) in [4.78, 5) is 12.7. The summed E-state index contributed by atoms with van der Waals surface area (Å²) in [5.41, 5.74) is 5.19. The smallest absolute Gasteiger partial charge is 0.273 e. The predicted octanol–water partition coefficient (Wildman–Crippen LogP) is 6.01. The lowest BCUT2D eigenvalue weighted by Crippen LogP contribution is -2.19. The minimum atomic E-state index is -0.405. The second-order valence-corrected chi connectivity index (χ2v) is 7.88. The summed E-state index contributed by atoms with van der Waals surface area (Å²) in [5, 5.41) is 4.39. The molecule has 0 atom stereocenters. The van der Waals surface area contributed by atoms with Crippen LogP contribution in [0, 0.1) is 5.82 Å². The van der Waals surface area contributed by atoms with Gasteiger partial charge in [0.05, 0.1) is 29.1 Å². The van der Waals surface area contributed by atoms with Crippen LogP contribution in [0.5, 0.6) is 11.5 Å². The Hall–Kier alpha value is -4.10. The molecule has 1 N–H and O–H groups in total. The molecule has 35 heavy (non-hydrogen) atoms. The second-order valence-electron chi connectivity index (χ2n) is 7.47. The molecule has 6 nitrogen and oxygen atoms in total. The molecule has 178 valence electrons. The number of hydrogen-bond donors (Lipinski definition) is 1. The number of amides is 1. The number of nitrogens with zero attached hydrogens (tertiary/aromatic N) is 2. The number of rotatable bonds is 9. The Bertz CT molecular complexity index is 1340. The highest BCUT2D eigenvalue weighted by Crippen LogP contribution is 2.30. The molecule has 0 radical (unpaired) electrons. The standard InChI is InChI=1S/C27H23ClFN3O3/c1-2-34-26-15-19(9-12-25(26)35-18-20-10-11-21(29)16-23(20)28)17-30-31-27(33)22-7-3-4-8-24(22)32-13-5-6-14-32/h3-17H,2,18H2,1H3,(H,31,33)/b30-17+. The first kappa shape index (κ1) is 24.0. The summed E-state index contributed by atoms with van der Waals surface area (Å²) in [5.74, 6) is 0.289. The highest BCUT2D eigenvalue weighted by molar-refractivity contribution is 6.31. The zero-order chi connectivity index (χ0) is 24.6. The molecule has 0 spiro atoms. The number of benzene rings is 3. The molecule has 0 aliphatic heterocycles. The van der Waals surface area contributed by atoms with Gasteiger partial charge in [-0.3, -0.25) is 4.79 Å². The number of hydrogen-bond acceptors (Lipinski definition) is 4. The summed E-state index contributed by atoms with van der Waals surface area (Å²) in [6, 6.07) is 20.5. The van der Waals surface area contributed by atoms with E-state index in [-0.39, 0.29) is 12.5 Å². The maximum Gasteiger partial charge on any atom is 0.273 e. The van der Waals surface area contributed by atoms with E-state index in [1.54, 1.807) is 36.4 Å². The topological polar surface area (TPSA) is 64.8 Å². The van der Waals surface area contributed by atoms with Gasteiger partial charge in [-0.25, -0.2) is 9.82 Å². The molecule has 1 aromatic heterocycles. The molecule has 0 unspecified atom stereocenters. The van der Waals surface area contributed by atoms with Crippen LogP contribution in [0.4, 0.5) is 4.39 Å². The van der Waals surface area contributed by atoms with Crippen molar-refractivity contribution in [1.29, 1.82) is 0 Å². The van der Waals surface area contributed by atoms with Crippen molar-refractivity contribution in [1.82, 2.24) is 9.99 Å². The Morgan fingerprint density at radius 3 is 2.60 bits per heavy atom. The molecule has 3 aromatic carbocycles. The molecule has 1 amide bonds. The van der Waals surface area contributed by atoms with Gasteiger partial charge in [-0.2, -0.15) is 5.10 Å². The van der Waals surface area contributed by atoms with Crippen LogP contribution in [0.15, 0.2) is 90.3 Å². The monoisotopic (exact) mass is 491 g/mol. The van der Waals surface area contributed by atoms with E-state index in [1.807, 2.05) is 48.1 Å².